The largest absolute Gasteiger partial charge is 0.481 e. The Labute approximate surface area is 130 Å². The molecule has 1 amide bonds. The molecular formula is C16H22ClNO3. The van der Waals surface area contributed by atoms with Crippen LogP contribution in [0, 0.1) is 5.92 Å². The van der Waals surface area contributed by atoms with Crippen molar-refractivity contribution in [3.05, 3.63) is 34.9 Å². The molecule has 1 aromatic carbocycles. The highest BCUT2D eigenvalue weighted by Gasteiger charge is 2.28. The zero-order valence-corrected chi connectivity index (χ0v) is 13.4. The Hall–Kier alpha value is -1.55. The molecule has 0 saturated heterocycles. The molecule has 0 saturated carbocycles. The predicted molar refractivity (Wildman–Crippen MR) is 83.5 cm³/mol. The third-order valence-corrected chi connectivity index (χ3v) is 3.66. The summed E-state index contributed by atoms with van der Waals surface area (Å²) in [6, 6.07) is 7.29. The number of hydrogen-bond donors (Lipinski definition) is 1. The standard InChI is InChI=1S/C16H22ClNO3/c1-4-18(9-8-14(19)20)16(21)15(11(2)3)12-6-5-7-13(17)10-12/h5-7,10-11,15H,4,8-9H2,1-3H3,(H,19,20). The van der Waals surface area contributed by atoms with E-state index in [9.17, 15) is 9.59 Å². The van der Waals surface area contributed by atoms with Crippen LogP contribution in [0.3, 0.4) is 0 Å². The highest BCUT2D eigenvalue weighted by Crippen LogP contribution is 2.28. The van der Waals surface area contributed by atoms with Crippen LogP contribution < -0.4 is 0 Å². The summed E-state index contributed by atoms with van der Waals surface area (Å²) in [5.74, 6) is -1.14. The highest BCUT2D eigenvalue weighted by atomic mass is 35.5. The second kappa shape index (κ2) is 8.03. The predicted octanol–water partition coefficient (Wildman–Crippen LogP) is 3.40. The molecule has 1 aromatic rings. The van der Waals surface area contributed by atoms with Gasteiger partial charge in [-0.05, 0) is 30.5 Å². The summed E-state index contributed by atoms with van der Waals surface area (Å²) in [7, 11) is 0. The fraction of sp³-hybridized carbons (Fsp3) is 0.500. The molecule has 0 bridgehead atoms. The van der Waals surface area contributed by atoms with E-state index in [2.05, 4.69) is 0 Å². The van der Waals surface area contributed by atoms with Gasteiger partial charge in [-0.25, -0.2) is 0 Å². The van der Waals surface area contributed by atoms with Gasteiger partial charge in [0.1, 0.15) is 0 Å². The molecule has 0 fully saturated rings. The van der Waals surface area contributed by atoms with E-state index < -0.39 is 5.97 Å². The van der Waals surface area contributed by atoms with Crippen LogP contribution >= 0.6 is 11.6 Å². The topological polar surface area (TPSA) is 57.6 Å². The minimum absolute atomic E-state index is 0.0417. The van der Waals surface area contributed by atoms with Gasteiger partial charge in [-0.15, -0.1) is 0 Å². The SMILES string of the molecule is CCN(CCC(=O)O)C(=O)C(c1cccc(Cl)c1)C(C)C. The van der Waals surface area contributed by atoms with Crippen molar-refractivity contribution in [1.82, 2.24) is 4.90 Å². The lowest BCUT2D eigenvalue weighted by Gasteiger charge is -2.28. The maximum absolute atomic E-state index is 12.7. The van der Waals surface area contributed by atoms with Crippen molar-refractivity contribution in [1.29, 1.82) is 0 Å². The maximum atomic E-state index is 12.7. The molecule has 1 rings (SSSR count). The van der Waals surface area contributed by atoms with E-state index in [-0.39, 0.29) is 30.7 Å². The first-order valence-electron chi connectivity index (χ1n) is 7.12. The summed E-state index contributed by atoms with van der Waals surface area (Å²) in [6.07, 6.45) is -0.0417. The molecule has 4 nitrogen and oxygen atoms in total. The van der Waals surface area contributed by atoms with Gasteiger partial charge >= 0.3 is 5.97 Å². The van der Waals surface area contributed by atoms with Gasteiger partial charge in [0, 0.05) is 18.1 Å². The molecule has 0 radical (unpaired) electrons. The Kier molecular flexibility index (Phi) is 6.69. The van der Waals surface area contributed by atoms with E-state index in [1.54, 1.807) is 17.0 Å². The monoisotopic (exact) mass is 311 g/mol. The normalized spacial score (nSPS) is 12.2. The van der Waals surface area contributed by atoms with E-state index in [1.165, 1.54) is 0 Å². The van der Waals surface area contributed by atoms with E-state index in [1.807, 2.05) is 32.9 Å². The van der Waals surface area contributed by atoms with Crippen molar-refractivity contribution in [3.8, 4) is 0 Å². The van der Waals surface area contributed by atoms with Crippen LogP contribution in [-0.2, 0) is 9.59 Å². The Morgan fingerprint density at radius 2 is 2.00 bits per heavy atom. The van der Waals surface area contributed by atoms with Crippen molar-refractivity contribution in [2.75, 3.05) is 13.1 Å². The molecule has 0 spiro atoms. The number of amides is 1. The zero-order valence-electron chi connectivity index (χ0n) is 12.7. The number of carbonyl (C=O) groups is 2. The van der Waals surface area contributed by atoms with Crippen LogP contribution in [0.25, 0.3) is 0 Å². The van der Waals surface area contributed by atoms with Gasteiger partial charge in [-0.2, -0.15) is 0 Å². The van der Waals surface area contributed by atoms with Crippen molar-refractivity contribution in [3.63, 3.8) is 0 Å². The van der Waals surface area contributed by atoms with Crippen molar-refractivity contribution in [2.24, 2.45) is 5.92 Å². The van der Waals surface area contributed by atoms with Gasteiger partial charge < -0.3 is 10.0 Å². The van der Waals surface area contributed by atoms with Crippen molar-refractivity contribution in [2.45, 2.75) is 33.1 Å². The fourth-order valence-corrected chi connectivity index (χ4v) is 2.56. The number of carboxylic acid groups (broad SMARTS) is 1. The van der Waals surface area contributed by atoms with E-state index in [0.29, 0.717) is 11.6 Å². The summed E-state index contributed by atoms with van der Waals surface area (Å²) in [5.41, 5.74) is 0.872. The number of rotatable bonds is 7. The Morgan fingerprint density at radius 1 is 1.33 bits per heavy atom. The molecule has 1 N–H and O–H groups in total. The first-order valence-corrected chi connectivity index (χ1v) is 7.50. The fourth-order valence-electron chi connectivity index (χ4n) is 2.36. The second-order valence-electron chi connectivity index (χ2n) is 5.34. The second-order valence-corrected chi connectivity index (χ2v) is 5.77. The highest BCUT2D eigenvalue weighted by molar-refractivity contribution is 6.30. The Morgan fingerprint density at radius 3 is 2.48 bits per heavy atom. The van der Waals surface area contributed by atoms with E-state index in [4.69, 9.17) is 16.7 Å². The molecule has 1 atom stereocenters. The average molecular weight is 312 g/mol. The van der Waals surface area contributed by atoms with E-state index in [0.717, 1.165) is 5.56 Å². The summed E-state index contributed by atoms with van der Waals surface area (Å²) in [6.45, 7) is 6.54. The first-order chi connectivity index (χ1) is 9.86. The number of carbonyl (C=O) groups excluding carboxylic acids is 1. The average Bonchev–Trinajstić information content (AvgIpc) is 2.38. The molecule has 0 aliphatic heterocycles. The maximum Gasteiger partial charge on any atom is 0.305 e. The number of likely N-dealkylation sites (N-methyl/N-ethyl adjacent to an activating group) is 1. The number of hydrogen-bond acceptors (Lipinski definition) is 2. The van der Waals surface area contributed by atoms with Crippen molar-refractivity contribution < 1.29 is 14.7 Å². The van der Waals surface area contributed by atoms with Crippen LogP contribution in [0.15, 0.2) is 24.3 Å². The summed E-state index contributed by atoms with van der Waals surface area (Å²) < 4.78 is 0. The third-order valence-electron chi connectivity index (χ3n) is 3.43. The summed E-state index contributed by atoms with van der Waals surface area (Å²) >= 11 is 6.01. The Balaban J connectivity index is 2.98. The van der Waals surface area contributed by atoms with Crippen LogP contribution in [0.2, 0.25) is 5.02 Å². The molecule has 1 unspecified atom stereocenters. The first kappa shape index (κ1) is 17.5. The lowest BCUT2D eigenvalue weighted by Crippen LogP contribution is -2.38. The molecule has 0 aromatic heterocycles. The van der Waals surface area contributed by atoms with Gasteiger partial charge in [0.2, 0.25) is 5.91 Å². The quantitative estimate of drug-likeness (QED) is 0.839. The summed E-state index contributed by atoms with van der Waals surface area (Å²) in [5, 5.41) is 9.38. The minimum Gasteiger partial charge on any atom is -0.481 e. The smallest absolute Gasteiger partial charge is 0.305 e. The van der Waals surface area contributed by atoms with Gasteiger partial charge in [-0.1, -0.05) is 37.6 Å². The molecule has 116 valence electrons. The van der Waals surface area contributed by atoms with Gasteiger partial charge in [0.05, 0.1) is 12.3 Å². The number of nitrogens with zero attached hydrogens (tertiary/aromatic N) is 1. The van der Waals surface area contributed by atoms with Crippen LogP contribution in [0.4, 0.5) is 0 Å². The molecule has 0 aliphatic carbocycles. The number of halogens is 1. The van der Waals surface area contributed by atoms with Gasteiger partial charge in [0.15, 0.2) is 0 Å². The molecule has 0 aliphatic rings. The summed E-state index contributed by atoms with van der Waals surface area (Å²) in [4.78, 5) is 25.0. The molecule has 21 heavy (non-hydrogen) atoms. The zero-order chi connectivity index (χ0) is 16.0. The van der Waals surface area contributed by atoms with Crippen molar-refractivity contribution >= 4 is 23.5 Å². The number of carboxylic acids is 1. The lowest BCUT2D eigenvalue weighted by molar-refractivity contribution is -0.139. The van der Waals surface area contributed by atoms with Gasteiger partial charge in [-0.3, -0.25) is 9.59 Å². The molecule has 0 heterocycles. The lowest BCUT2D eigenvalue weighted by atomic mass is 9.87. The van der Waals surface area contributed by atoms with E-state index >= 15 is 0 Å². The molecule has 5 heteroatoms. The Bertz CT molecular complexity index is 502. The van der Waals surface area contributed by atoms with Crippen LogP contribution in [0.5, 0.6) is 0 Å². The third kappa shape index (κ3) is 5.05. The molecular weight excluding hydrogens is 290 g/mol. The van der Waals surface area contributed by atoms with Gasteiger partial charge in [0.25, 0.3) is 0 Å². The minimum atomic E-state index is -0.898. The van der Waals surface area contributed by atoms with Crippen LogP contribution in [-0.4, -0.2) is 35.0 Å². The number of aliphatic carboxylic acids is 1. The number of benzene rings is 1. The van der Waals surface area contributed by atoms with Crippen LogP contribution in [0.1, 0.15) is 38.7 Å².